The minimum atomic E-state index is -3.53. The van der Waals surface area contributed by atoms with Gasteiger partial charge in [-0.25, -0.2) is 13.2 Å². The first-order valence-electron chi connectivity index (χ1n) is 9.23. The molecule has 1 aliphatic rings. The Kier molecular flexibility index (Phi) is 10.1. The lowest BCUT2D eigenvalue weighted by molar-refractivity contribution is -0.252. The van der Waals surface area contributed by atoms with E-state index in [1.807, 2.05) is 13.8 Å². The first-order chi connectivity index (χ1) is 13.6. The molecule has 0 amide bonds. The first kappa shape index (κ1) is 25.4. The van der Waals surface area contributed by atoms with Gasteiger partial charge in [0.15, 0.2) is 6.29 Å². The summed E-state index contributed by atoms with van der Waals surface area (Å²) in [7, 11) is -3.53. The molecule has 0 aliphatic carbocycles. The van der Waals surface area contributed by atoms with Gasteiger partial charge in [0.05, 0.1) is 17.1 Å². The van der Waals surface area contributed by atoms with Gasteiger partial charge in [-0.05, 0) is 37.1 Å². The van der Waals surface area contributed by atoms with Crippen LogP contribution in [0.25, 0.3) is 0 Å². The SMILES string of the molecule is CCCN(CCC)S(=O)(=O)c1ccc(C(=O)O)cc1.OC1OC[C@@H](O)[C@H](O)[C@H]1O. The highest BCUT2D eigenvalue weighted by Gasteiger charge is 2.36. The van der Waals surface area contributed by atoms with E-state index in [1.165, 1.54) is 28.6 Å². The van der Waals surface area contributed by atoms with Gasteiger partial charge in [-0.15, -0.1) is 0 Å². The van der Waals surface area contributed by atoms with Gasteiger partial charge in [0.2, 0.25) is 10.0 Å². The van der Waals surface area contributed by atoms with Gasteiger partial charge in [0.25, 0.3) is 0 Å². The van der Waals surface area contributed by atoms with E-state index in [0.717, 1.165) is 12.8 Å². The Bertz CT molecular complexity index is 718. The molecule has 166 valence electrons. The van der Waals surface area contributed by atoms with Crippen molar-refractivity contribution in [1.82, 2.24) is 4.31 Å². The van der Waals surface area contributed by atoms with Crippen LogP contribution in [-0.4, -0.2) is 88.5 Å². The fraction of sp³-hybridized carbons (Fsp3) is 0.611. The highest BCUT2D eigenvalue weighted by molar-refractivity contribution is 7.89. The predicted octanol–water partition coefficient (Wildman–Crippen LogP) is -0.387. The van der Waals surface area contributed by atoms with Crippen molar-refractivity contribution in [3.8, 4) is 0 Å². The van der Waals surface area contributed by atoms with E-state index in [4.69, 9.17) is 25.5 Å². The van der Waals surface area contributed by atoms with Crippen LogP contribution in [0.1, 0.15) is 37.0 Å². The number of nitrogens with zero attached hydrogens (tertiary/aromatic N) is 1. The van der Waals surface area contributed by atoms with Crippen molar-refractivity contribution in [3.05, 3.63) is 29.8 Å². The third-order valence-electron chi connectivity index (χ3n) is 4.16. The van der Waals surface area contributed by atoms with E-state index in [1.54, 1.807) is 0 Å². The number of carbonyl (C=O) groups is 1. The minimum Gasteiger partial charge on any atom is -0.478 e. The number of ether oxygens (including phenoxy) is 1. The Hall–Kier alpha value is -1.60. The van der Waals surface area contributed by atoms with Gasteiger partial charge in [-0.1, -0.05) is 13.8 Å². The van der Waals surface area contributed by atoms with Crippen molar-refractivity contribution in [1.29, 1.82) is 0 Å². The zero-order valence-corrected chi connectivity index (χ0v) is 17.2. The molecule has 11 heteroatoms. The Morgan fingerprint density at radius 1 is 1.03 bits per heavy atom. The van der Waals surface area contributed by atoms with Gasteiger partial charge in [-0.2, -0.15) is 4.31 Å². The molecule has 10 nitrogen and oxygen atoms in total. The van der Waals surface area contributed by atoms with Crippen molar-refractivity contribution >= 4 is 16.0 Å². The molecule has 1 fully saturated rings. The van der Waals surface area contributed by atoms with Crippen molar-refractivity contribution in [3.63, 3.8) is 0 Å². The molecule has 1 aromatic rings. The maximum Gasteiger partial charge on any atom is 0.335 e. The average Bonchev–Trinajstić information content (AvgIpc) is 2.69. The monoisotopic (exact) mass is 435 g/mol. The highest BCUT2D eigenvalue weighted by atomic mass is 32.2. The Balaban J connectivity index is 0.000000352. The lowest BCUT2D eigenvalue weighted by Gasteiger charge is -2.31. The summed E-state index contributed by atoms with van der Waals surface area (Å²) in [6, 6.07) is 5.31. The van der Waals surface area contributed by atoms with Gasteiger partial charge in [-0.3, -0.25) is 0 Å². The molecule has 1 saturated heterocycles. The van der Waals surface area contributed by atoms with Crippen molar-refractivity contribution in [2.75, 3.05) is 19.7 Å². The summed E-state index contributed by atoms with van der Waals surface area (Å²) < 4.78 is 30.6. The van der Waals surface area contributed by atoms with Gasteiger partial charge >= 0.3 is 5.97 Å². The second-order valence-electron chi connectivity index (χ2n) is 6.51. The van der Waals surface area contributed by atoms with Crippen LogP contribution in [-0.2, 0) is 14.8 Å². The molecule has 0 saturated carbocycles. The van der Waals surface area contributed by atoms with Crippen LogP contribution in [0.3, 0.4) is 0 Å². The Labute approximate surface area is 170 Å². The van der Waals surface area contributed by atoms with Crippen LogP contribution >= 0.6 is 0 Å². The maximum absolute atomic E-state index is 12.4. The second kappa shape index (κ2) is 11.6. The standard InChI is InChI=1S/C13H19NO4S.C5H10O5/c1-3-9-14(10-4-2)19(17,18)12-7-5-11(6-8-12)13(15)16;6-2-1-10-5(9)4(8)3(2)7/h5-8H,3-4,9-10H2,1-2H3,(H,15,16);2-9H,1H2/t;2-,3+,4-,5?/m.1/s1. The molecule has 4 atom stereocenters. The molecule has 5 N–H and O–H groups in total. The second-order valence-corrected chi connectivity index (χ2v) is 8.44. The van der Waals surface area contributed by atoms with E-state index in [-0.39, 0.29) is 17.1 Å². The number of sulfonamides is 1. The molecule has 0 spiro atoms. The summed E-state index contributed by atoms with van der Waals surface area (Å²) in [4.78, 5) is 10.9. The van der Waals surface area contributed by atoms with Crippen molar-refractivity contribution in [2.24, 2.45) is 0 Å². The Morgan fingerprint density at radius 2 is 1.55 bits per heavy atom. The predicted molar refractivity (Wildman–Crippen MR) is 103 cm³/mol. The Morgan fingerprint density at radius 3 is 1.97 bits per heavy atom. The van der Waals surface area contributed by atoms with E-state index in [0.29, 0.717) is 13.1 Å². The van der Waals surface area contributed by atoms with Crippen LogP contribution in [0.4, 0.5) is 0 Å². The van der Waals surface area contributed by atoms with Crippen LogP contribution in [0.5, 0.6) is 0 Å². The average molecular weight is 435 g/mol. The molecule has 29 heavy (non-hydrogen) atoms. The zero-order valence-electron chi connectivity index (χ0n) is 16.4. The highest BCUT2D eigenvalue weighted by Crippen LogP contribution is 2.17. The number of hydrogen-bond acceptors (Lipinski definition) is 8. The molecule has 1 unspecified atom stereocenters. The van der Waals surface area contributed by atoms with Gasteiger partial charge in [0.1, 0.15) is 18.3 Å². The number of rotatable bonds is 7. The molecule has 1 heterocycles. The summed E-state index contributed by atoms with van der Waals surface area (Å²) >= 11 is 0. The van der Waals surface area contributed by atoms with E-state index >= 15 is 0 Å². The van der Waals surface area contributed by atoms with Crippen molar-refractivity contribution < 1.29 is 43.5 Å². The molecule has 1 aliphatic heterocycles. The topological polar surface area (TPSA) is 165 Å². The third-order valence-corrected chi connectivity index (χ3v) is 6.07. The summed E-state index contributed by atoms with van der Waals surface area (Å²) in [5.41, 5.74) is 0.0801. The fourth-order valence-corrected chi connectivity index (χ4v) is 4.18. The summed E-state index contributed by atoms with van der Waals surface area (Å²) in [6.45, 7) is 4.63. The smallest absolute Gasteiger partial charge is 0.335 e. The molecule has 0 aromatic heterocycles. The minimum absolute atomic E-state index is 0.0801. The van der Waals surface area contributed by atoms with Crippen LogP contribution in [0.2, 0.25) is 0 Å². The number of carboxylic acid groups (broad SMARTS) is 1. The number of benzene rings is 1. The summed E-state index contributed by atoms with van der Waals surface area (Å²) in [5, 5.41) is 44.0. The molecule has 0 bridgehead atoms. The zero-order chi connectivity index (χ0) is 22.2. The summed E-state index contributed by atoms with van der Waals surface area (Å²) in [5.74, 6) is -1.07. The number of aliphatic hydroxyl groups excluding tert-OH is 4. The van der Waals surface area contributed by atoms with Crippen LogP contribution in [0, 0.1) is 0 Å². The van der Waals surface area contributed by atoms with E-state index in [2.05, 4.69) is 4.74 Å². The first-order valence-corrected chi connectivity index (χ1v) is 10.7. The summed E-state index contributed by atoms with van der Waals surface area (Å²) in [6.07, 6.45) is -3.75. The molecule has 0 radical (unpaired) electrons. The largest absolute Gasteiger partial charge is 0.478 e. The molecular formula is C18H29NO9S. The van der Waals surface area contributed by atoms with Crippen LogP contribution < -0.4 is 0 Å². The normalized spacial score (nSPS) is 24.7. The lowest BCUT2D eigenvalue weighted by atomic mass is 10.1. The lowest BCUT2D eigenvalue weighted by Crippen LogP contribution is -2.52. The molecule has 2 rings (SSSR count). The number of aromatic carboxylic acids is 1. The fourth-order valence-electron chi connectivity index (χ4n) is 2.56. The van der Waals surface area contributed by atoms with E-state index in [9.17, 15) is 13.2 Å². The van der Waals surface area contributed by atoms with Crippen LogP contribution in [0.15, 0.2) is 29.2 Å². The molecular weight excluding hydrogens is 406 g/mol. The third kappa shape index (κ3) is 7.00. The van der Waals surface area contributed by atoms with Gasteiger partial charge in [0, 0.05) is 13.1 Å². The van der Waals surface area contributed by atoms with Crippen molar-refractivity contribution in [2.45, 2.75) is 56.2 Å². The quantitative estimate of drug-likeness (QED) is 0.383. The number of aliphatic hydroxyl groups is 4. The van der Waals surface area contributed by atoms with Gasteiger partial charge < -0.3 is 30.3 Å². The number of carboxylic acids is 1. The maximum atomic E-state index is 12.4. The molecule has 1 aromatic carbocycles. The van der Waals surface area contributed by atoms with E-state index < -0.39 is 40.6 Å². The number of hydrogen-bond donors (Lipinski definition) is 5.